The van der Waals surface area contributed by atoms with E-state index in [1.165, 1.54) is 11.3 Å². The van der Waals surface area contributed by atoms with E-state index < -0.39 is 0 Å². The summed E-state index contributed by atoms with van der Waals surface area (Å²) in [5, 5.41) is 2.84. The van der Waals surface area contributed by atoms with Gasteiger partial charge in [0.25, 0.3) is 5.56 Å². The molecule has 0 radical (unpaired) electrons. The number of hydrogen-bond acceptors (Lipinski definition) is 4. The quantitative estimate of drug-likeness (QED) is 0.627. The van der Waals surface area contributed by atoms with Gasteiger partial charge in [0.1, 0.15) is 0 Å². The first kappa shape index (κ1) is 18.2. The molecule has 132 valence electrons. The summed E-state index contributed by atoms with van der Waals surface area (Å²) < 4.78 is 2.09. The number of aromatic nitrogens is 1. The highest BCUT2D eigenvalue weighted by Crippen LogP contribution is 2.22. The molecule has 0 saturated heterocycles. The minimum absolute atomic E-state index is 0.0697. The van der Waals surface area contributed by atoms with Gasteiger partial charge >= 0.3 is 0 Å². The van der Waals surface area contributed by atoms with Gasteiger partial charge in [-0.15, -0.1) is 11.3 Å². The van der Waals surface area contributed by atoms with Gasteiger partial charge in [0.05, 0.1) is 0 Å². The van der Waals surface area contributed by atoms with Crippen molar-refractivity contribution in [1.29, 1.82) is 0 Å². The largest absolute Gasteiger partial charge is 0.326 e. The van der Waals surface area contributed by atoms with E-state index >= 15 is 0 Å². The molecule has 4 nitrogen and oxygen atoms in total. The van der Waals surface area contributed by atoms with Crippen molar-refractivity contribution in [3.05, 3.63) is 81.0 Å². The Labute approximate surface area is 160 Å². The average Bonchev–Trinajstić information content (AvgIpc) is 2.65. The summed E-state index contributed by atoms with van der Waals surface area (Å²) in [6.07, 6.45) is 0.890. The van der Waals surface area contributed by atoms with E-state index in [0.717, 1.165) is 16.1 Å². The zero-order valence-corrected chi connectivity index (χ0v) is 15.7. The summed E-state index contributed by atoms with van der Waals surface area (Å²) >= 11 is 6.80. The fourth-order valence-corrected chi connectivity index (χ4v) is 3.89. The van der Waals surface area contributed by atoms with Crippen molar-refractivity contribution in [3.63, 3.8) is 0 Å². The summed E-state index contributed by atoms with van der Waals surface area (Å²) in [6.45, 7) is 0.436. The van der Waals surface area contributed by atoms with E-state index in [2.05, 4.69) is 5.32 Å². The first-order chi connectivity index (χ1) is 12.6. The third-order valence-electron chi connectivity index (χ3n) is 3.84. The highest BCUT2D eigenvalue weighted by atomic mass is 32.1. The van der Waals surface area contributed by atoms with Gasteiger partial charge in [-0.25, -0.2) is 0 Å². The van der Waals surface area contributed by atoms with Crippen LogP contribution in [0.15, 0.2) is 71.5 Å². The number of carbonyl (C=O) groups excluding carboxylic acids is 1. The van der Waals surface area contributed by atoms with Gasteiger partial charge in [0.15, 0.2) is 3.95 Å². The number of anilines is 1. The molecule has 0 bridgehead atoms. The molecule has 3 rings (SSSR count). The van der Waals surface area contributed by atoms with E-state index in [1.807, 2.05) is 60.7 Å². The predicted octanol–water partition coefficient (Wildman–Crippen LogP) is 4.73. The number of para-hydroxylation sites is 1. The summed E-state index contributed by atoms with van der Waals surface area (Å²) in [6, 6.07) is 20.6. The molecular weight excluding hydrogens is 364 g/mol. The molecule has 0 unspecified atom stereocenters. The Bertz CT molecular complexity index is 964. The molecular formula is C20H18N2O2S2. The number of nitrogens with one attached hydrogen (secondary N) is 1. The Balaban J connectivity index is 1.63. The third kappa shape index (κ3) is 4.74. The van der Waals surface area contributed by atoms with Gasteiger partial charge in [-0.05, 0) is 36.3 Å². The first-order valence-corrected chi connectivity index (χ1v) is 9.51. The lowest BCUT2D eigenvalue weighted by Gasteiger charge is -2.08. The first-order valence-electron chi connectivity index (χ1n) is 8.29. The van der Waals surface area contributed by atoms with Gasteiger partial charge in [0.2, 0.25) is 5.91 Å². The van der Waals surface area contributed by atoms with Crippen LogP contribution >= 0.6 is 23.6 Å². The fraction of sp³-hybridized carbons (Fsp3) is 0.150. The molecule has 0 aliphatic carbocycles. The maximum Gasteiger partial charge on any atom is 0.253 e. The number of benzene rings is 2. The topological polar surface area (TPSA) is 51.1 Å². The van der Waals surface area contributed by atoms with Crippen molar-refractivity contribution in [3.8, 4) is 10.4 Å². The van der Waals surface area contributed by atoms with Crippen LogP contribution in [0.25, 0.3) is 10.4 Å². The molecule has 0 saturated carbocycles. The second-order valence-corrected chi connectivity index (χ2v) is 7.43. The summed E-state index contributed by atoms with van der Waals surface area (Å²) in [5.41, 5.74) is 1.62. The van der Waals surface area contributed by atoms with E-state index in [-0.39, 0.29) is 11.5 Å². The Morgan fingerprint density at radius 3 is 2.35 bits per heavy atom. The molecule has 2 aromatic carbocycles. The van der Waals surface area contributed by atoms with Crippen molar-refractivity contribution in [1.82, 2.24) is 4.57 Å². The van der Waals surface area contributed by atoms with Gasteiger partial charge < -0.3 is 5.32 Å². The molecule has 26 heavy (non-hydrogen) atoms. The second kappa shape index (κ2) is 8.69. The van der Waals surface area contributed by atoms with Crippen molar-refractivity contribution in [2.24, 2.45) is 0 Å². The van der Waals surface area contributed by atoms with Gasteiger partial charge in [-0.3, -0.25) is 14.2 Å². The van der Waals surface area contributed by atoms with E-state index in [9.17, 15) is 9.59 Å². The summed E-state index contributed by atoms with van der Waals surface area (Å²) in [4.78, 5) is 25.3. The maximum atomic E-state index is 12.4. The van der Waals surface area contributed by atoms with Crippen LogP contribution < -0.4 is 10.9 Å². The molecule has 0 aliphatic rings. The van der Waals surface area contributed by atoms with Crippen LogP contribution in [0.5, 0.6) is 0 Å². The van der Waals surface area contributed by atoms with Crippen LogP contribution in [0.2, 0.25) is 0 Å². The number of rotatable bonds is 6. The van der Waals surface area contributed by atoms with Crippen molar-refractivity contribution < 1.29 is 4.79 Å². The number of amides is 1. The zero-order valence-electron chi connectivity index (χ0n) is 14.1. The highest BCUT2D eigenvalue weighted by Gasteiger charge is 2.07. The zero-order chi connectivity index (χ0) is 18.4. The molecule has 1 N–H and O–H groups in total. The van der Waals surface area contributed by atoms with Crippen molar-refractivity contribution in [2.75, 3.05) is 5.32 Å². The van der Waals surface area contributed by atoms with Crippen LogP contribution in [0.3, 0.4) is 0 Å². The summed E-state index contributed by atoms with van der Waals surface area (Å²) in [5.74, 6) is -0.0697. The standard InChI is InChI=1S/C20H18N2O2S2/c23-18(21-16-10-5-2-6-11-16)12-7-13-22-19(24)14-17(26-20(22)25)15-8-3-1-4-9-15/h1-6,8-11,14H,7,12-13H2,(H,21,23). The van der Waals surface area contributed by atoms with Gasteiger partial charge in [-0.1, -0.05) is 48.5 Å². The molecule has 1 aromatic heterocycles. The molecule has 0 spiro atoms. The lowest BCUT2D eigenvalue weighted by atomic mass is 10.2. The average molecular weight is 383 g/mol. The number of hydrogen-bond donors (Lipinski definition) is 1. The Hall–Kier alpha value is -2.57. The van der Waals surface area contributed by atoms with Crippen LogP contribution in [0.1, 0.15) is 12.8 Å². The second-order valence-electron chi connectivity index (χ2n) is 5.75. The maximum absolute atomic E-state index is 12.4. The molecule has 3 aromatic rings. The molecule has 6 heteroatoms. The van der Waals surface area contributed by atoms with E-state index in [1.54, 1.807) is 10.6 Å². The Morgan fingerprint density at radius 2 is 1.69 bits per heavy atom. The monoisotopic (exact) mass is 382 g/mol. The van der Waals surface area contributed by atoms with E-state index in [4.69, 9.17) is 12.2 Å². The molecule has 1 heterocycles. The lowest BCUT2D eigenvalue weighted by Crippen LogP contribution is -2.20. The van der Waals surface area contributed by atoms with Gasteiger partial charge in [0, 0.05) is 29.6 Å². The molecule has 1 amide bonds. The SMILES string of the molecule is O=C(CCCn1c(=O)cc(-c2ccccc2)sc1=S)Nc1ccccc1. The Morgan fingerprint density at radius 1 is 1.04 bits per heavy atom. The van der Waals surface area contributed by atoms with Crippen molar-refractivity contribution in [2.45, 2.75) is 19.4 Å². The smallest absolute Gasteiger partial charge is 0.253 e. The number of nitrogens with zero attached hydrogens (tertiary/aromatic N) is 1. The van der Waals surface area contributed by atoms with Gasteiger partial charge in [-0.2, -0.15) is 0 Å². The van der Waals surface area contributed by atoms with Crippen LogP contribution in [0.4, 0.5) is 5.69 Å². The van der Waals surface area contributed by atoms with Crippen LogP contribution in [0, 0.1) is 3.95 Å². The predicted molar refractivity (Wildman–Crippen MR) is 109 cm³/mol. The molecule has 0 fully saturated rings. The van der Waals surface area contributed by atoms with Crippen LogP contribution in [-0.4, -0.2) is 10.5 Å². The number of carbonyl (C=O) groups is 1. The minimum atomic E-state index is -0.129. The fourth-order valence-electron chi connectivity index (χ4n) is 2.55. The van der Waals surface area contributed by atoms with Crippen LogP contribution in [-0.2, 0) is 11.3 Å². The summed E-state index contributed by atoms with van der Waals surface area (Å²) in [7, 11) is 0. The highest BCUT2D eigenvalue weighted by molar-refractivity contribution is 7.73. The normalized spacial score (nSPS) is 10.5. The van der Waals surface area contributed by atoms with E-state index in [0.29, 0.717) is 23.3 Å². The lowest BCUT2D eigenvalue weighted by molar-refractivity contribution is -0.116. The molecule has 0 aliphatic heterocycles. The molecule has 0 atom stereocenters. The van der Waals surface area contributed by atoms with Crippen molar-refractivity contribution >= 4 is 35.1 Å². The third-order valence-corrected chi connectivity index (χ3v) is 5.28. The minimum Gasteiger partial charge on any atom is -0.326 e. The Kier molecular flexibility index (Phi) is 6.09.